The molecule has 0 radical (unpaired) electrons. The molecule has 0 amide bonds. The van der Waals surface area contributed by atoms with E-state index in [2.05, 4.69) is 19.2 Å². The zero-order valence-corrected chi connectivity index (χ0v) is 8.32. The first-order valence-electron chi connectivity index (χ1n) is 4.83. The highest BCUT2D eigenvalue weighted by Crippen LogP contribution is 2.26. The molecule has 1 N–H and O–H groups in total. The van der Waals surface area contributed by atoms with Crippen molar-refractivity contribution in [2.45, 2.75) is 32.2 Å². The van der Waals surface area contributed by atoms with Gasteiger partial charge >= 0.3 is 0 Å². The van der Waals surface area contributed by atoms with Gasteiger partial charge < -0.3 is 5.32 Å². The van der Waals surface area contributed by atoms with Gasteiger partial charge in [-0.15, -0.1) is 0 Å². The molecule has 0 unspecified atom stereocenters. The SMILES string of the molecule is CC(C)NCCN1CCC(F)(F)C1. The Balaban J connectivity index is 2.11. The zero-order valence-electron chi connectivity index (χ0n) is 8.32. The molecule has 1 fully saturated rings. The minimum atomic E-state index is -2.45. The molecule has 1 rings (SSSR count). The van der Waals surface area contributed by atoms with Crippen molar-refractivity contribution >= 4 is 0 Å². The lowest BCUT2D eigenvalue weighted by Crippen LogP contribution is -2.34. The number of rotatable bonds is 4. The van der Waals surface area contributed by atoms with Gasteiger partial charge in [0.05, 0.1) is 6.54 Å². The normalized spacial score (nSPS) is 22.8. The smallest absolute Gasteiger partial charge is 0.261 e. The standard InChI is InChI=1S/C9H18F2N2/c1-8(2)12-4-6-13-5-3-9(10,11)7-13/h8,12H,3-7H2,1-2H3. The second-order valence-corrected chi connectivity index (χ2v) is 3.99. The highest BCUT2D eigenvalue weighted by atomic mass is 19.3. The monoisotopic (exact) mass is 192 g/mol. The lowest BCUT2D eigenvalue weighted by atomic mass is 10.3. The number of nitrogens with zero attached hydrogens (tertiary/aromatic N) is 1. The van der Waals surface area contributed by atoms with Crippen LogP contribution in [-0.2, 0) is 0 Å². The van der Waals surface area contributed by atoms with Crippen molar-refractivity contribution in [1.29, 1.82) is 0 Å². The van der Waals surface area contributed by atoms with Crippen LogP contribution >= 0.6 is 0 Å². The van der Waals surface area contributed by atoms with E-state index >= 15 is 0 Å². The van der Waals surface area contributed by atoms with E-state index in [1.165, 1.54) is 0 Å². The molecule has 1 aliphatic rings. The van der Waals surface area contributed by atoms with Gasteiger partial charge in [-0.05, 0) is 0 Å². The van der Waals surface area contributed by atoms with Crippen LogP contribution in [0.2, 0.25) is 0 Å². The van der Waals surface area contributed by atoms with E-state index < -0.39 is 5.92 Å². The first-order valence-corrected chi connectivity index (χ1v) is 4.83. The van der Waals surface area contributed by atoms with Crippen molar-refractivity contribution in [2.75, 3.05) is 26.2 Å². The molecule has 2 nitrogen and oxygen atoms in total. The van der Waals surface area contributed by atoms with Gasteiger partial charge in [0.2, 0.25) is 0 Å². The quantitative estimate of drug-likeness (QED) is 0.722. The summed E-state index contributed by atoms with van der Waals surface area (Å²) in [6.45, 7) is 6.11. The average Bonchev–Trinajstić information content (AvgIpc) is 2.29. The third kappa shape index (κ3) is 4.00. The topological polar surface area (TPSA) is 15.3 Å². The predicted octanol–water partition coefficient (Wildman–Crippen LogP) is 1.33. The molecule has 0 atom stereocenters. The van der Waals surface area contributed by atoms with E-state index in [4.69, 9.17) is 0 Å². The lowest BCUT2D eigenvalue weighted by Gasteiger charge is -2.16. The van der Waals surface area contributed by atoms with E-state index in [-0.39, 0.29) is 13.0 Å². The Morgan fingerprint density at radius 3 is 2.62 bits per heavy atom. The van der Waals surface area contributed by atoms with Gasteiger partial charge in [-0.2, -0.15) is 0 Å². The van der Waals surface area contributed by atoms with Gasteiger partial charge in [-0.1, -0.05) is 13.8 Å². The molecule has 0 saturated carbocycles. The van der Waals surface area contributed by atoms with Crippen LogP contribution in [0.1, 0.15) is 20.3 Å². The predicted molar refractivity (Wildman–Crippen MR) is 49.1 cm³/mol. The number of likely N-dealkylation sites (tertiary alicyclic amines) is 1. The summed E-state index contributed by atoms with van der Waals surface area (Å²) in [5.41, 5.74) is 0. The summed E-state index contributed by atoms with van der Waals surface area (Å²) in [4.78, 5) is 1.81. The number of halogens is 2. The summed E-state index contributed by atoms with van der Waals surface area (Å²) < 4.78 is 25.4. The summed E-state index contributed by atoms with van der Waals surface area (Å²) in [5, 5.41) is 3.21. The molecular formula is C9H18F2N2. The summed E-state index contributed by atoms with van der Waals surface area (Å²) in [6, 6.07) is 0.433. The highest BCUT2D eigenvalue weighted by Gasteiger charge is 2.37. The second-order valence-electron chi connectivity index (χ2n) is 3.99. The largest absolute Gasteiger partial charge is 0.313 e. The van der Waals surface area contributed by atoms with Gasteiger partial charge in [0.25, 0.3) is 5.92 Å². The Hall–Kier alpha value is -0.220. The fourth-order valence-electron chi connectivity index (χ4n) is 1.51. The molecule has 0 aromatic rings. The van der Waals surface area contributed by atoms with Crippen LogP contribution in [-0.4, -0.2) is 43.0 Å². The molecule has 1 heterocycles. The first kappa shape index (κ1) is 10.9. The summed E-state index contributed by atoms with van der Waals surface area (Å²) >= 11 is 0. The minimum Gasteiger partial charge on any atom is -0.313 e. The van der Waals surface area contributed by atoms with E-state index in [0.29, 0.717) is 12.6 Å². The molecule has 4 heteroatoms. The third-order valence-corrected chi connectivity index (χ3v) is 2.23. The molecule has 0 aliphatic carbocycles. The molecule has 1 aliphatic heterocycles. The average molecular weight is 192 g/mol. The summed E-state index contributed by atoms with van der Waals surface area (Å²) in [6.07, 6.45) is 0.0225. The van der Waals surface area contributed by atoms with Gasteiger partial charge in [0, 0.05) is 32.1 Å². The highest BCUT2D eigenvalue weighted by molar-refractivity contribution is 4.81. The van der Waals surface area contributed by atoms with Crippen molar-refractivity contribution in [1.82, 2.24) is 10.2 Å². The van der Waals surface area contributed by atoms with Gasteiger partial charge in [-0.3, -0.25) is 4.90 Å². The van der Waals surface area contributed by atoms with Crippen LogP contribution < -0.4 is 5.32 Å². The van der Waals surface area contributed by atoms with Crippen molar-refractivity contribution < 1.29 is 8.78 Å². The Kier molecular flexibility index (Phi) is 3.62. The second kappa shape index (κ2) is 4.33. The van der Waals surface area contributed by atoms with Crippen LogP contribution in [0.4, 0.5) is 8.78 Å². The van der Waals surface area contributed by atoms with Gasteiger partial charge in [0.15, 0.2) is 0 Å². The van der Waals surface area contributed by atoms with Crippen LogP contribution in [0, 0.1) is 0 Å². The summed E-state index contributed by atoms with van der Waals surface area (Å²) in [7, 11) is 0. The third-order valence-electron chi connectivity index (χ3n) is 2.23. The van der Waals surface area contributed by atoms with Crippen LogP contribution in [0.25, 0.3) is 0 Å². The summed E-state index contributed by atoms with van der Waals surface area (Å²) in [5.74, 6) is -2.45. The Morgan fingerprint density at radius 1 is 1.46 bits per heavy atom. The number of hydrogen-bond donors (Lipinski definition) is 1. The zero-order chi connectivity index (χ0) is 9.90. The lowest BCUT2D eigenvalue weighted by molar-refractivity contribution is 0.0123. The van der Waals surface area contributed by atoms with Gasteiger partial charge in [-0.25, -0.2) is 8.78 Å². The maximum Gasteiger partial charge on any atom is 0.261 e. The molecule has 0 bridgehead atoms. The van der Waals surface area contributed by atoms with E-state index in [1.54, 1.807) is 0 Å². The molecule has 0 aromatic heterocycles. The van der Waals surface area contributed by atoms with Gasteiger partial charge in [0.1, 0.15) is 0 Å². The van der Waals surface area contributed by atoms with E-state index in [0.717, 1.165) is 13.1 Å². The number of hydrogen-bond acceptors (Lipinski definition) is 2. The van der Waals surface area contributed by atoms with Crippen molar-refractivity contribution in [3.63, 3.8) is 0 Å². The molecule has 78 valence electrons. The Bertz CT molecular complexity index is 160. The number of nitrogens with one attached hydrogen (secondary N) is 1. The number of alkyl halides is 2. The Morgan fingerprint density at radius 2 is 2.15 bits per heavy atom. The van der Waals surface area contributed by atoms with Crippen LogP contribution in [0.15, 0.2) is 0 Å². The van der Waals surface area contributed by atoms with Crippen LogP contribution in [0.3, 0.4) is 0 Å². The molecule has 13 heavy (non-hydrogen) atoms. The van der Waals surface area contributed by atoms with Crippen molar-refractivity contribution in [2.24, 2.45) is 0 Å². The minimum absolute atomic E-state index is 0.0225. The molecule has 0 aromatic carbocycles. The van der Waals surface area contributed by atoms with Crippen molar-refractivity contribution in [3.05, 3.63) is 0 Å². The van der Waals surface area contributed by atoms with Crippen LogP contribution in [0.5, 0.6) is 0 Å². The van der Waals surface area contributed by atoms with Crippen molar-refractivity contribution in [3.8, 4) is 0 Å². The molecular weight excluding hydrogens is 174 g/mol. The fraction of sp³-hybridized carbons (Fsp3) is 1.00. The molecule has 1 saturated heterocycles. The maximum absolute atomic E-state index is 12.7. The molecule has 0 spiro atoms. The maximum atomic E-state index is 12.7. The van der Waals surface area contributed by atoms with E-state index in [9.17, 15) is 8.78 Å². The Labute approximate surface area is 78.3 Å². The van der Waals surface area contributed by atoms with E-state index in [1.807, 2.05) is 4.90 Å². The fourth-order valence-corrected chi connectivity index (χ4v) is 1.51. The first-order chi connectivity index (χ1) is 5.99.